The van der Waals surface area contributed by atoms with Gasteiger partial charge in [0.05, 0.1) is 4.47 Å². The van der Waals surface area contributed by atoms with E-state index in [0.717, 1.165) is 16.5 Å². The molecule has 1 rings (SSSR count). The summed E-state index contributed by atoms with van der Waals surface area (Å²) >= 11 is 3.32. The molecule has 0 unspecified atom stereocenters. The maximum Gasteiger partial charge on any atom is 0.133 e. The molecule has 1 aromatic carbocycles. The normalized spacial score (nSPS) is 11.7. The van der Waals surface area contributed by atoms with Gasteiger partial charge >= 0.3 is 0 Å². The predicted molar refractivity (Wildman–Crippen MR) is 59.1 cm³/mol. The van der Waals surface area contributed by atoms with Gasteiger partial charge in [0.1, 0.15) is 5.75 Å². The van der Waals surface area contributed by atoms with Gasteiger partial charge in [-0.3, -0.25) is 0 Å². The SMILES string of the molecule is CCC(C)(C)c1cccc(Br)c1O. The molecule has 0 aliphatic carbocycles. The number of halogens is 1. The Morgan fingerprint density at radius 1 is 1.38 bits per heavy atom. The van der Waals surface area contributed by atoms with E-state index in [2.05, 4.69) is 36.7 Å². The molecular weight excluding hydrogens is 228 g/mol. The lowest BCUT2D eigenvalue weighted by Crippen LogP contribution is -2.15. The smallest absolute Gasteiger partial charge is 0.133 e. The number of hydrogen-bond donors (Lipinski definition) is 1. The Hall–Kier alpha value is -0.500. The van der Waals surface area contributed by atoms with Crippen molar-refractivity contribution in [2.75, 3.05) is 0 Å². The van der Waals surface area contributed by atoms with Crippen LogP contribution in [-0.4, -0.2) is 5.11 Å². The minimum absolute atomic E-state index is 0.0356. The van der Waals surface area contributed by atoms with Gasteiger partial charge in [0.25, 0.3) is 0 Å². The number of benzene rings is 1. The molecule has 0 fully saturated rings. The van der Waals surface area contributed by atoms with E-state index < -0.39 is 0 Å². The van der Waals surface area contributed by atoms with E-state index in [1.54, 1.807) is 0 Å². The molecule has 0 saturated carbocycles. The van der Waals surface area contributed by atoms with Crippen LogP contribution in [0.3, 0.4) is 0 Å². The zero-order valence-electron chi connectivity index (χ0n) is 8.26. The molecular formula is C11H15BrO. The second kappa shape index (κ2) is 3.70. The first-order chi connectivity index (χ1) is 5.99. The quantitative estimate of drug-likeness (QED) is 0.836. The molecule has 0 atom stereocenters. The van der Waals surface area contributed by atoms with Crippen molar-refractivity contribution in [1.29, 1.82) is 0 Å². The summed E-state index contributed by atoms with van der Waals surface area (Å²) in [5.74, 6) is 0.370. The fourth-order valence-electron chi connectivity index (χ4n) is 1.25. The third-order valence-electron chi connectivity index (χ3n) is 2.60. The maximum atomic E-state index is 9.82. The molecule has 1 nitrogen and oxygen atoms in total. The van der Waals surface area contributed by atoms with Crippen molar-refractivity contribution in [3.63, 3.8) is 0 Å². The Morgan fingerprint density at radius 2 is 2.00 bits per heavy atom. The fraction of sp³-hybridized carbons (Fsp3) is 0.455. The first-order valence-electron chi connectivity index (χ1n) is 4.47. The van der Waals surface area contributed by atoms with Gasteiger partial charge in [0.2, 0.25) is 0 Å². The van der Waals surface area contributed by atoms with Crippen molar-refractivity contribution in [1.82, 2.24) is 0 Å². The summed E-state index contributed by atoms with van der Waals surface area (Å²) < 4.78 is 0.770. The molecule has 0 saturated heterocycles. The average Bonchev–Trinajstić information content (AvgIpc) is 2.09. The maximum absolute atomic E-state index is 9.82. The summed E-state index contributed by atoms with van der Waals surface area (Å²) in [7, 11) is 0. The minimum atomic E-state index is 0.0356. The van der Waals surface area contributed by atoms with Gasteiger partial charge in [0, 0.05) is 5.56 Å². The van der Waals surface area contributed by atoms with Crippen LogP contribution in [0.15, 0.2) is 22.7 Å². The number of phenols is 1. The Kier molecular flexibility index (Phi) is 3.01. The second-order valence-corrected chi connectivity index (χ2v) is 4.73. The van der Waals surface area contributed by atoms with E-state index in [4.69, 9.17) is 0 Å². The lowest BCUT2D eigenvalue weighted by atomic mass is 9.82. The summed E-state index contributed by atoms with van der Waals surface area (Å²) in [5.41, 5.74) is 1.04. The van der Waals surface area contributed by atoms with Gasteiger partial charge in [-0.25, -0.2) is 0 Å². The molecule has 13 heavy (non-hydrogen) atoms. The molecule has 0 heterocycles. The monoisotopic (exact) mass is 242 g/mol. The van der Waals surface area contributed by atoms with Gasteiger partial charge in [-0.15, -0.1) is 0 Å². The highest BCUT2D eigenvalue weighted by Crippen LogP contribution is 2.37. The van der Waals surface area contributed by atoms with E-state index >= 15 is 0 Å². The topological polar surface area (TPSA) is 20.2 Å². The number of rotatable bonds is 2. The molecule has 0 aromatic heterocycles. The molecule has 0 aliphatic heterocycles. The van der Waals surface area contributed by atoms with Crippen molar-refractivity contribution >= 4 is 15.9 Å². The molecule has 0 aliphatic rings. The summed E-state index contributed by atoms with van der Waals surface area (Å²) in [6.07, 6.45) is 1.01. The molecule has 1 N–H and O–H groups in total. The third-order valence-corrected chi connectivity index (χ3v) is 3.24. The minimum Gasteiger partial charge on any atom is -0.506 e. The highest BCUT2D eigenvalue weighted by atomic mass is 79.9. The van der Waals surface area contributed by atoms with E-state index in [-0.39, 0.29) is 5.41 Å². The molecule has 0 radical (unpaired) electrons. The van der Waals surface area contributed by atoms with E-state index in [9.17, 15) is 5.11 Å². The van der Waals surface area contributed by atoms with Crippen LogP contribution in [-0.2, 0) is 5.41 Å². The van der Waals surface area contributed by atoms with Crippen molar-refractivity contribution in [3.05, 3.63) is 28.2 Å². The van der Waals surface area contributed by atoms with E-state index in [1.165, 1.54) is 0 Å². The van der Waals surface area contributed by atoms with Crippen molar-refractivity contribution in [2.45, 2.75) is 32.6 Å². The zero-order valence-corrected chi connectivity index (χ0v) is 9.85. The predicted octanol–water partition coefficient (Wildman–Crippen LogP) is 3.84. The van der Waals surface area contributed by atoms with Crippen LogP contribution in [0, 0.1) is 0 Å². The van der Waals surface area contributed by atoms with Gasteiger partial charge in [-0.1, -0.05) is 32.9 Å². The van der Waals surface area contributed by atoms with Crippen molar-refractivity contribution < 1.29 is 5.11 Å². The number of para-hydroxylation sites is 1. The summed E-state index contributed by atoms with van der Waals surface area (Å²) in [6, 6.07) is 5.78. The highest BCUT2D eigenvalue weighted by molar-refractivity contribution is 9.10. The molecule has 1 aromatic rings. The van der Waals surface area contributed by atoms with Crippen LogP contribution >= 0.6 is 15.9 Å². The standard InChI is InChI=1S/C11H15BrO/c1-4-11(2,3)8-6-5-7-9(12)10(8)13/h5-7,13H,4H2,1-3H3. The highest BCUT2D eigenvalue weighted by Gasteiger charge is 2.22. The molecule has 0 spiro atoms. The van der Waals surface area contributed by atoms with Gasteiger partial charge < -0.3 is 5.11 Å². The van der Waals surface area contributed by atoms with Gasteiger partial charge in [-0.05, 0) is 33.8 Å². The van der Waals surface area contributed by atoms with Crippen LogP contribution in [0.2, 0.25) is 0 Å². The summed E-state index contributed by atoms with van der Waals surface area (Å²) in [5, 5.41) is 9.82. The number of hydrogen-bond acceptors (Lipinski definition) is 1. The van der Waals surface area contributed by atoms with Crippen molar-refractivity contribution in [2.24, 2.45) is 0 Å². The van der Waals surface area contributed by atoms with E-state index in [0.29, 0.717) is 5.75 Å². The van der Waals surface area contributed by atoms with Crippen molar-refractivity contribution in [3.8, 4) is 5.75 Å². The van der Waals surface area contributed by atoms with Crippen LogP contribution in [0.25, 0.3) is 0 Å². The fourth-order valence-corrected chi connectivity index (χ4v) is 1.62. The molecule has 0 amide bonds. The molecule has 2 heteroatoms. The summed E-state index contributed by atoms with van der Waals surface area (Å²) in [4.78, 5) is 0. The Balaban J connectivity index is 3.22. The lowest BCUT2D eigenvalue weighted by molar-refractivity contribution is 0.426. The van der Waals surface area contributed by atoms with Crippen LogP contribution in [0.4, 0.5) is 0 Å². The second-order valence-electron chi connectivity index (χ2n) is 3.87. The Labute approximate surface area is 87.9 Å². The molecule has 0 bridgehead atoms. The first kappa shape index (κ1) is 10.6. The van der Waals surface area contributed by atoms with E-state index in [1.807, 2.05) is 18.2 Å². The average molecular weight is 243 g/mol. The van der Waals surface area contributed by atoms with Gasteiger partial charge in [0.15, 0.2) is 0 Å². The van der Waals surface area contributed by atoms with Crippen LogP contribution in [0.1, 0.15) is 32.8 Å². The van der Waals surface area contributed by atoms with Crippen LogP contribution in [0.5, 0.6) is 5.75 Å². The first-order valence-corrected chi connectivity index (χ1v) is 5.26. The van der Waals surface area contributed by atoms with Crippen LogP contribution < -0.4 is 0 Å². The lowest BCUT2D eigenvalue weighted by Gasteiger charge is -2.24. The number of aromatic hydroxyl groups is 1. The Bertz CT molecular complexity index is 305. The van der Waals surface area contributed by atoms with Gasteiger partial charge in [-0.2, -0.15) is 0 Å². The third kappa shape index (κ3) is 2.05. The molecule has 72 valence electrons. The number of phenolic OH excluding ortho intramolecular Hbond substituents is 1. The summed E-state index contributed by atoms with van der Waals surface area (Å²) in [6.45, 7) is 6.39. The largest absolute Gasteiger partial charge is 0.506 e. The zero-order chi connectivity index (χ0) is 10.1. The Morgan fingerprint density at radius 3 is 2.54 bits per heavy atom.